The van der Waals surface area contributed by atoms with E-state index < -0.39 is 22.9 Å². The molecular formula is C20H18F2N2O2. The fourth-order valence-electron chi connectivity index (χ4n) is 3.02. The minimum atomic E-state index is -0.732. The van der Waals surface area contributed by atoms with Crippen LogP contribution in [0.2, 0.25) is 0 Å². The van der Waals surface area contributed by atoms with E-state index >= 15 is 0 Å². The van der Waals surface area contributed by atoms with Gasteiger partial charge in [0.1, 0.15) is 11.6 Å². The number of aryl methyl sites for hydroxylation is 2. The van der Waals surface area contributed by atoms with E-state index in [-0.39, 0.29) is 18.7 Å². The minimum Gasteiger partial charge on any atom is -0.296 e. The average molecular weight is 356 g/mol. The number of nitrogens with zero attached hydrogens (tertiary/aromatic N) is 2. The summed E-state index contributed by atoms with van der Waals surface area (Å²) in [5.74, 6) is -1.46. The third-order valence-corrected chi connectivity index (χ3v) is 4.15. The molecule has 2 aromatic carbocycles. The molecule has 1 heterocycles. The van der Waals surface area contributed by atoms with Crippen molar-refractivity contribution in [3.05, 3.63) is 103 Å². The van der Waals surface area contributed by atoms with Crippen molar-refractivity contribution in [1.82, 2.24) is 9.13 Å². The van der Waals surface area contributed by atoms with Gasteiger partial charge in [-0.1, -0.05) is 35.4 Å². The summed E-state index contributed by atoms with van der Waals surface area (Å²) >= 11 is 0. The first kappa shape index (κ1) is 17.8. The topological polar surface area (TPSA) is 44.0 Å². The fourth-order valence-corrected chi connectivity index (χ4v) is 3.02. The molecule has 0 amide bonds. The van der Waals surface area contributed by atoms with E-state index in [0.29, 0.717) is 0 Å². The first-order valence-electron chi connectivity index (χ1n) is 8.15. The molecule has 4 nitrogen and oxygen atoms in total. The predicted octanol–water partition coefficient (Wildman–Crippen LogP) is 3.00. The van der Waals surface area contributed by atoms with E-state index in [1.807, 2.05) is 32.0 Å². The molecule has 1 aromatic heterocycles. The highest BCUT2D eigenvalue weighted by Gasteiger charge is 2.12. The van der Waals surface area contributed by atoms with E-state index in [1.54, 1.807) is 0 Å². The Hall–Kier alpha value is -3.02. The monoisotopic (exact) mass is 356 g/mol. The molecular weight excluding hydrogens is 338 g/mol. The van der Waals surface area contributed by atoms with Crippen LogP contribution in [-0.2, 0) is 13.1 Å². The Balaban J connectivity index is 2.02. The Morgan fingerprint density at radius 3 is 2.12 bits per heavy atom. The first-order chi connectivity index (χ1) is 12.3. The second kappa shape index (κ2) is 7.07. The minimum absolute atomic E-state index is 0.0980. The summed E-state index contributed by atoms with van der Waals surface area (Å²) in [5.41, 5.74) is 1.58. The molecule has 0 aliphatic rings. The van der Waals surface area contributed by atoms with Crippen molar-refractivity contribution >= 4 is 0 Å². The molecule has 0 fully saturated rings. The number of halogens is 2. The normalized spacial score (nSPS) is 10.9. The van der Waals surface area contributed by atoms with Gasteiger partial charge in [-0.15, -0.1) is 0 Å². The van der Waals surface area contributed by atoms with Crippen LogP contribution in [0.25, 0.3) is 0 Å². The maximum absolute atomic E-state index is 13.9. The summed E-state index contributed by atoms with van der Waals surface area (Å²) in [7, 11) is 0. The molecule has 26 heavy (non-hydrogen) atoms. The molecule has 0 aliphatic carbocycles. The Labute approximate surface area is 149 Å². The van der Waals surface area contributed by atoms with Crippen molar-refractivity contribution in [2.24, 2.45) is 0 Å². The predicted molar refractivity (Wildman–Crippen MR) is 95.4 cm³/mol. The number of hydrogen-bond acceptors (Lipinski definition) is 2. The van der Waals surface area contributed by atoms with Gasteiger partial charge < -0.3 is 0 Å². The van der Waals surface area contributed by atoms with Crippen molar-refractivity contribution in [2.75, 3.05) is 0 Å². The second-order valence-corrected chi connectivity index (χ2v) is 6.35. The lowest BCUT2D eigenvalue weighted by atomic mass is 10.1. The van der Waals surface area contributed by atoms with Gasteiger partial charge in [-0.05, 0) is 31.5 Å². The zero-order valence-corrected chi connectivity index (χ0v) is 14.5. The lowest BCUT2D eigenvalue weighted by Crippen LogP contribution is -2.39. The Morgan fingerprint density at radius 2 is 1.50 bits per heavy atom. The van der Waals surface area contributed by atoms with Crippen molar-refractivity contribution in [2.45, 2.75) is 26.9 Å². The molecule has 3 aromatic rings. The fraction of sp³-hybridized carbons (Fsp3) is 0.200. The van der Waals surface area contributed by atoms with Gasteiger partial charge in [0, 0.05) is 17.8 Å². The average Bonchev–Trinajstić information content (AvgIpc) is 2.56. The molecule has 0 bridgehead atoms. The quantitative estimate of drug-likeness (QED) is 0.721. The summed E-state index contributed by atoms with van der Waals surface area (Å²) in [6.45, 7) is 3.68. The molecule has 0 aliphatic heterocycles. The second-order valence-electron chi connectivity index (χ2n) is 6.35. The van der Waals surface area contributed by atoms with Gasteiger partial charge in [0.25, 0.3) is 5.56 Å². The molecule has 0 unspecified atom stereocenters. The highest BCUT2D eigenvalue weighted by atomic mass is 19.1. The largest absolute Gasteiger partial charge is 0.331 e. The molecule has 0 spiro atoms. The Kier molecular flexibility index (Phi) is 4.84. The van der Waals surface area contributed by atoms with Crippen LogP contribution in [0.5, 0.6) is 0 Å². The summed E-state index contributed by atoms with van der Waals surface area (Å²) < 4.78 is 29.9. The molecule has 0 radical (unpaired) electrons. The molecule has 134 valence electrons. The lowest BCUT2D eigenvalue weighted by molar-refractivity contribution is 0.529. The molecule has 0 N–H and O–H groups in total. The van der Waals surface area contributed by atoms with Gasteiger partial charge in [-0.3, -0.25) is 13.9 Å². The highest BCUT2D eigenvalue weighted by molar-refractivity contribution is 5.28. The molecule has 0 atom stereocenters. The van der Waals surface area contributed by atoms with Crippen LogP contribution in [0.4, 0.5) is 8.78 Å². The third-order valence-electron chi connectivity index (χ3n) is 4.15. The van der Waals surface area contributed by atoms with E-state index in [1.165, 1.54) is 18.3 Å². The van der Waals surface area contributed by atoms with Crippen molar-refractivity contribution in [3.8, 4) is 0 Å². The van der Waals surface area contributed by atoms with Gasteiger partial charge in [0.15, 0.2) is 0 Å². The van der Waals surface area contributed by atoms with Crippen LogP contribution >= 0.6 is 0 Å². The maximum atomic E-state index is 13.9. The Morgan fingerprint density at radius 1 is 0.885 bits per heavy atom. The number of benzene rings is 2. The number of rotatable bonds is 4. The first-order valence-corrected chi connectivity index (χ1v) is 8.15. The van der Waals surface area contributed by atoms with Crippen LogP contribution in [0.1, 0.15) is 22.3 Å². The van der Waals surface area contributed by atoms with Crippen molar-refractivity contribution in [3.63, 3.8) is 0 Å². The van der Waals surface area contributed by atoms with Crippen LogP contribution in [0.3, 0.4) is 0 Å². The van der Waals surface area contributed by atoms with Gasteiger partial charge in [0.05, 0.1) is 13.1 Å². The SMILES string of the molecule is Cc1cc(C)cc(Cn2c(=O)ccn(Cc3c(F)cccc3F)c2=O)c1. The van der Waals surface area contributed by atoms with Gasteiger partial charge >= 0.3 is 5.69 Å². The summed E-state index contributed by atoms with van der Waals surface area (Å²) in [6, 6.07) is 10.5. The molecule has 3 rings (SSSR count). The van der Waals surface area contributed by atoms with E-state index in [4.69, 9.17) is 0 Å². The van der Waals surface area contributed by atoms with Crippen molar-refractivity contribution in [1.29, 1.82) is 0 Å². The van der Waals surface area contributed by atoms with Gasteiger partial charge in [0.2, 0.25) is 0 Å². The highest BCUT2D eigenvalue weighted by Crippen LogP contribution is 2.13. The molecule has 0 saturated carbocycles. The zero-order chi connectivity index (χ0) is 18.8. The van der Waals surface area contributed by atoms with E-state index in [2.05, 4.69) is 0 Å². The number of hydrogen-bond donors (Lipinski definition) is 0. The third kappa shape index (κ3) is 3.64. The van der Waals surface area contributed by atoms with Gasteiger partial charge in [-0.2, -0.15) is 0 Å². The number of aromatic nitrogens is 2. The molecule has 6 heteroatoms. The maximum Gasteiger partial charge on any atom is 0.331 e. The zero-order valence-electron chi connectivity index (χ0n) is 14.5. The molecule has 0 saturated heterocycles. The summed E-state index contributed by atoms with van der Waals surface area (Å²) in [5, 5.41) is 0. The smallest absolute Gasteiger partial charge is 0.296 e. The Bertz CT molecular complexity index is 1040. The van der Waals surface area contributed by atoms with Crippen LogP contribution in [0.15, 0.2) is 58.3 Å². The van der Waals surface area contributed by atoms with Crippen LogP contribution < -0.4 is 11.2 Å². The van der Waals surface area contributed by atoms with Crippen LogP contribution in [-0.4, -0.2) is 9.13 Å². The van der Waals surface area contributed by atoms with Crippen molar-refractivity contribution < 1.29 is 8.78 Å². The van der Waals surface area contributed by atoms with Gasteiger partial charge in [-0.25, -0.2) is 13.6 Å². The summed E-state index contributed by atoms with van der Waals surface area (Å²) in [4.78, 5) is 24.8. The summed E-state index contributed by atoms with van der Waals surface area (Å²) in [6.07, 6.45) is 1.26. The van der Waals surface area contributed by atoms with Crippen LogP contribution in [0, 0.1) is 25.5 Å². The standard InChI is InChI=1S/C20H18F2N2O2/c1-13-8-14(2)10-15(9-13)11-24-19(25)6-7-23(20(24)26)12-16-17(21)4-3-5-18(16)22/h3-10H,11-12H2,1-2H3. The van der Waals surface area contributed by atoms with E-state index in [0.717, 1.165) is 38.0 Å². The lowest BCUT2D eigenvalue weighted by Gasteiger charge is -2.12. The van der Waals surface area contributed by atoms with E-state index in [9.17, 15) is 18.4 Å².